The van der Waals surface area contributed by atoms with Crippen molar-refractivity contribution in [3.05, 3.63) is 81.7 Å². The van der Waals surface area contributed by atoms with Gasteiger partial charge in [0.25, 0.3) is 5.56 Å². The molecule has 0 spiro atoms. The van der Waals surface area contributed by atoms with Crippen molar-refractivity contribution in [3.63, 3.8) is 0 Å². The lowest BCUT2D eigenvalue weighted by atomic mass is 10.0. The molecule has 0 aliphatic heterocycles. The van der Waals surface area contributed by atoms with Gasteiger partial charge in [-0.2, -0.15) is 8.42 Å². The molecule has 30 heavy (non-hydrogen) atoms. The Kier molecular flexibility index (Phi) is 5.44. The van der Waals surface area contributed by atoms with E-state index in [-0.39, 0.29) is 23.6 Å². The molecule has 0 saturated carbocycles. The summed E-state index contributed by atoms with van der Waals surface area (Å²) in [4.78, 5) is 18.1. The van der Waals surface area contributed by atoms with E-state index in [2.05, 4.69) is 4.98 Å². The van der Waals surface area contributed by atoms with E-state index in [1.165, 1.54) is 27.8 Å². The van der Waals surface area contributed by atoms with Crippen LogP contribution < -0.4 is 9.74 Å². The molecule has 0 radical (unpaired) electrons. The van der Waals surface area contributed by atoms with Crippen molar-refractivity contribution in [3.8, 4) is 16.9 Å². The van der Waals surface area contributed by atoms with Gasteiger partial charge in [-0.3, -0.25) is 9.36 Å². The number of para-hydroxylation sites is 1. The lowest BCUT2D eigenvalue weighted by molar-refractivity contribution is 0.480. The average Bonchev–Trinajstić information content (AvgIpc) is 3.15. The van der Waals surface area contributed by atoms with Crippen LogP contribution in [0.25, 0.3) is 21.3 Å². The summed E-state index contributed by atoms with van der Waals surface area (Å²) in [5, 5.41) is 2.43. The Morgan fingerprint density at radius 2 is 1.83 bits per heavy atom. The van der Waals surface area contributed by atoms with Crippen molar-refractivity contribution in [2.75, 3.05) is 5.75 Å². The summed E-state index contributed by atoms with van der Waals surface area (Å²) in [6.07, 6.45) is 1.39. The molecule has 0 aliphatic carbocycles. The molecule has 4 aromatic rings. The molecule has 6 nitrogen and oxygen atoms in total. The van der Waals surface area contributed by atoms with Crippen LogP contribution in [0.1, 0.15) is 11.1 Å². The molecule has 8 heteroatoms. The molecule has 2 aromatic carbocycles. The van der Waals surface area contributed by atoms with Crippen molar-refractivity contribution >= 4 is 31.7 Å². The van der Waals surface area contributed by atoms with Gasteiger partial charge in [0, 0.05) is 17.5 Å². The van der Waals surface area contributed by atoms with E-state index in [4.69, 9.17) is 4.18 Å². The molecule has 0 N–H and O–H groups in total. The number of benzene rings is 2. The highest BCUT2D eigenvalue weighted by Crippen LogP contribution is 2.31. The quantitative estimate of drug-likeness (QED) is 0.421. The van der Waals surface area contributed by atoms with E-state index in [0.29, 0.717) is 10.2 Å². The summed E-state index contributed by atoms with van der Waals surface area (Å²) >= 11 is 1.40. The fraction of sp³-hybridized carbons (Fsp3) is 0.182. The fourth-order valence-corrected chi connectivity index (χ4v) is 4.94. The zero-order valence-electron chi connectivity index (χ0n) is 16.5. The third-order valence-corrected chi connectivity index (χ3v) is 6.94. The summed E-state index contributed by atoms with van der Waals surface area (Å²) in [6.45, 7) is 4.03. The van der Waals surface area contributed by atoms with Crippen LogP contribution in [0.3, 0.4) is 0 Å². The highest BCUT2D eigenvalue weighted by Gasteiger charge is 2.17. The topological polar surface area (TPSA) is 78.3 Å². The molecule has 0 fully saturated rings. The van der Waals surface area contributed by atoms with Crippen molar-refractivity contribution in [1.82, 2.24) is 9.55 Å². The first-order valence-electron chi connectivity index (χ1n) is 9.35. The molecule has 0 aliphatic rings. The van der Waals surface area contributed by atoms with Crippen LogP contribution in [-0.4, -0.2) is 23.7 Å². The van der Waals surface area contributed by atoms with Gasteiger partial charge in [0.15, 0.2) is 0 Å². The van der Waals surface area contributed by atoms with Crippen LogP contribution in [-0.2, 0) is 16.7 Å². The number of aryl methyl sites for hydroxylation is 3. The third kappa shape index (κ3) is 4.15. The van der Waals surface area contributed by atoms with E-state index in [9.17, 15) is 13.2 Å². The summed E-state index contributed by atoms with van der Waals surface area (Å²) in [5.41, 5.74) is 3.82. The Hall–Kier alpha value is -2.97. The molecule has 0 saturated heterocycles. The van der Waals surface area contributed by atoms with Crippen molar-refractivity contribution in [1.29, 1.82) is 0 Å². The number of thiophene rings is 1. The van der Waals surface area contributed by atoms with Crippen molar-refractivity contribution in [2.45, 2.75) is 20.4 Å². The van der Waals surface area contributed by atoms with Gasteiger partial charge < -0.3 is 4.18 Å². The highest BCUT2D eigenvalue weighted by molar-refractivity contribution is 7.87. The molecule has 0 bridgehead atoms. The van der Waals surface area contributed by atoms with E-state index < -0.39 is 10.1 Å². The zero-order chi connectivity index (χ0) is 21.3. The number of aromatic nitrogens is 2. The summed E-state index contributed by atoms with van der Waals surface area (Å²) in [6, 6.07) is 14.3. The van der Waals surface area contributed by atoms with Gasteiger partial charge in [0.1, 0.15) is 16.3 Å². The molecule has 2 aromatic heterocycles. The predicted octanol–water partition coefficient (Wildman–Crippen LogP) is 4.15. The molecule has 0 atom stereocenters. The standard InChI is InChI=1S/C22H20N2O4S2/c1-15-8-9-17(12-16(15)2)19-13-29-21-20(19)22(25)24(14-23-21)10-11-30(26,27)28-18-6-4-3-5-7-18/h3-9,12-14H,10-11H2,1-2H3. The van der Waals surface area contributed by atoms with Crippen LogP contribution in [0.4, 0.5) is 0 Å². The van der Waals surface area contributed by atoms with Crippen LogP contribution >= 0.6 is 11.3 Å². The first-order chi connectivity index (χ1) is 14.3. The Morgan fingerprint density at radius 1 is 1.07 bits per heavy atom. The fourth-order valence-electron chi connectivity index (χ4n) is 3.12. The maximum atomic E-state index is 13.1. The van der Waals surface area contributed by atoms with E-state index >= 15 is 0 Å². The van der Waals surface area contributed by atoms with Gasteiger partial charge in [-0.25, -0.2) is 4.98 Å². The lowest BCUT2D eigenvalue weighted by Crippen LogP contribution is -2.26. The Bertz CT molecular complexity index is 1370. The third-order valence-electron chi connectivity index (χ3n) is 4.93. The van der Waals surface area contributed by atoms with Gasteiger partial charge in [0.05, 0.1) is 11.7 Å². The van der Waals surface area contributed by atoms with Crippen molar-refractivity contribution in [2.24, 2.45) is 0 Å². The highest BCUT2D eigenvalue weighted by atomic mass is 32.2. The van der Waals surface area contributed by atoms with Crippen LogP contribution in [0, 0.1) is 13.8 Å². The molecule has 154 valence electrons. The minimum Gasteiger partial charge on any atom is -0.382 e. The maximum absolute atomic E-state index is 13.1. The summed E-state index contributed by atoms with van der Waals surface area (Å²) in [5.74, 6) is -0.0914. The number of hydrogen-bond acceptors (Lipinski definition) is 6. The minimum atomic E-state index is -3.85. The molecule has 0 amide bonds. The number of nitrogens with zero attached hydrogens (tertiary/aromatic N) is 2. The van der Waals surface area contributed by atoms with Gasteiger partial charge >= 0.3 is 10.1 Å². The Morgan fingerprint density at radius 3 is 2.57 bits per heavy atom. The summed E-state index contributed by atoms with van der Waals surface area (Å²) < 4.78 is 31.0. The Labute approximate surface area is 178 Å². The van der Waals surface area contributed by atoms with Gasteiger partial charge in [-0.15, -0.1) is 11.3 Å². The van der Waals surface area contributed by atoms with Gasteiger partial charge in [-0.05, 0) is 42.7 Å². The second kappa shape index (κ2) is 8.04. The van der Waals surface area contributed by atoms with Crippen LogP contribution in [0.15, 0.2) is 65.0 Å². The number of rotatable bonds is 6. The number of fused-ring (bicyclic) bond motifs is 1. The van der Waals surface area contributed by atoms with Crippen LogP contribution in [0.5, 0.6) is 5.75 Å². The van der Waals surface area contributed by atoms with Crippen LogP contribution in [0.2, 0.25) is 0 Å². The molecule has 2 heterocycles. The maximum Gasteiger partial charge on any atom is 0.310 e. The average molecular weight is 441 g/mol. The SMILES string of the molecule is Cc1ccc(-c2csc3ncn(CCS(=O)(=O)Oc4ccccc4)c(=O)c23)cc1C. The first kappa shape index (κ1) is 20.3. The van der Waals surface area contributed by atoms with E-state index in [0.717, 1.165) is 16.7 Å². The van der Waals surface area contributed by atoms with Gasteiger partial charge in [0.2, 0.25) is 0 Å². The smallest absolute Gasteiger partial charge is 0.310 e. The summed E-state index contributed by atoms with van der Waals surface area (Å²) in [7, 11) is -3.85. The minimum absolute atomic E-state index is 0.0425. The lowest BCUT2D eigenvalue weighted by Gasteiger charge is -2.09. The predicted molar refractivity (Wildman–Crippen MR) is 120 cm³/mol. The number of hydrogen-bond donors (Lipinski definition) is 0. The Balaban J connectivity index is 1.63. The van der Waals surface area contributed by atoms with E-state index in [1.54, 1.807) is 30.3 Å². The van der Waals surface area contributed by atoms with E-state index in [1.807, 2.05) is 37.4 Å². The zero-order valence-corrected chi connectivity index (χ0v) is 18.2. The largest absolute Gasteiger partial charge is 0.382 e. The molecular formula is C22H20N2O4S2. The molecular weight excluding hydrogens is 420 g/mol. The first-order valence-corrected chi connectivity index (χ1v) is 11.8. The second-order valence-electron chi connectivity index (χ2n) is 7.03. The normalized spacial score (nSPS) is 11.7. The monoisotopic (exact) mass is 440 g/mol. The molecule has 4 rings (SSSR count). The molecule has 0 unspecified atom stereocenters. The second-order valence-corrected chi connectivity index (χ2v) is 9.58. The van der Waals surface area contributed by atoms with Gasteiger partial charge in [-0.1, -0.05) is 36.4 Å². The van der Waals surface area contributed by atoms with Crippen molar-refractivity contribution < 1.29 is 12.6 Å².